The van der Waals surface area contributed by atoms with E-state index in [-0.39, 0.29) is 6.04 Å². The first-order chi connectivity index (χ1) is 8.70. The number of guanidine groups is 1. The van der Waals surface area contributed by atoms with Crippen LogP contribution in [0.15, 0.2) is 23.2 Å². The number of hydrogen-bond donors (Lipinski definition) is 1. The Bertz CT molecular complexity index is 499. The minimum absolute atomic E-state index is 0.223. The highest BCUT2D eigenvalue weighted by atomic mass is 35.5. The Kier molecular flexibility index (Phi) is 2.82. The first-order valence-corrected chi connectivity index (χ1v) is 6.50. The second-order valence-electron chi connectivity index (χ2n) is 4.75. The van der Waals surface area contributed by atoms with E-state index in [0.29, 0.717) is 29.3 Å². The molecule has 1 aromatic rings. The first kappa shape index (κ1) is 11.7. The molecule has 0 radical (unpaired) electrons. The largest absolute Gasteiger partial charge is 0.495 e. The molecule has 2 aliphatic rings. The number of benzene rings is 1. The zero-order valence-corrected chi connectivity index (χ0v) is 11.0. The molecule has 5 heteroatoms. The maximum absolute atomic E-state index is 6.18. The van der Waals surface area contributed by atoms with Gasteiger partial charge in [0.25, 0.3) is 0 Å². The van der Waals surface area contributed by atoms with E-state index < -0.39 is 0 Å². The van der Waals surface area contributed by atoms with Crippen LogP contribution in [0.5, 0.6) is 5.75 Å². The smallest absolute Gasteiger partial charge is 0.192 e. The van der Waals surface area contributed by atoms with Crippen molar-refractivity contribution < 1.29 is 4.74 Å². The molecule has 0 amide bonds. The Morgan fingerprint density at radius 3 is 2.83 bits per heavy atom. The molecule has 0 bridgehead atoms. The Labute approximate surface area is 111 Å². The van der Waals surface area contributed by atoms with Gasteiger partial charge >= 0.3 is 0 Å². The topological polar surface area (TPSA) is 50.9 Å². The van der Waals surface area contributed by atoms with E-state index in [4.69, 9.17) is 22.1 Å². The molecule has 1 heterocycles. The predicted molar refractivity (Wildman–Crippen MR) is 72.1 cm³/mol. The highest BCUT2D eigenvalue weighted by molar-refractivity contribution is 6.32. The van der Waals surface area contributed by atoms with Crippen LogP contribution >= 0.6 is 11.6 Å². The summed E-state index contributed by atoms with van der Waals surface area (Å²) in [6.07, 6.45) is 2.41. The summed E-state index contributed by atoms with van der Waals surface area (Å²) in [6, 6.07) is 6.67. The van der Waals surface area contributed by atoms with Crippen LogP contribution in [0.3, 0.4) is 0 Å². The molecule has 96 valence electrons. The van der Waals surface area contributed by atoms with Crippen LogP contribution in [-0.2, 0) is 0 Å². The van der Waals surface area contributed by atoms with Crippen LogP contribution in [0.25, 0.3) is 0 Å². The maximum Gasteiger partial charge on any atom is 0.192 e. The van der Waals surface area contributed by atoms with Crippen LogP contribution in [-0.4, -0.2) is 30.6 Å². The van der Waals surface area contributed by atoms with Crippen LogP contribution in [0.1, 0.15) is 24.4 Å². The lowest BCUT2D eigenvalue weighted by Gasteiger charge is -2.26. The van der Waals surface area contributed by atoms with Gasteiger partial charge in [0.15, 0.2) is 5.96 Å². The fourth-order valence-corrected chi connectivity index (χ4v) is 2.73. The lowest BCUT2D eigenvalue weighted by atomic mass is 10.1. The molecule has 2 N–H and O–H groups in total. The van der Waals surface area contributed by atoms with E-state index in [2.05, 4.69) is 9.89 Å². The van der Waals surface area contributed by atoms with E-state index >= 15 is 0 Å². The molecule has 1 atom stereocenters. The average molecular weight is 266 g/mol. The van der Waals surface area contributed by atoms with Gasteiger partial charge in [0, 0.05) is 6.04 Å². The standard InChI is InChI=1S/C13H16ClN3O/c1-18-12-5-2-8(6-10(12)14)11-7-16-13(15)17(11)9-3-4-9/h2,5-6,9,11H,3-4,7H2,1H3,(H2,15,16). The summed E-state index contributed by atoms with van der Waals surface area (Å²) >= 11 is 6.18. The predicted octanol–water partition coefficient (Wildman–Crippen LogP) is 2.18. The van der Waals surface area contributed by atoms with Gasteiger partial charge in [-0.25, -0.2) is 0 Å². The number of nitrogens with two attached hydrogens (primary N) is 1. The van der Waals surface area contributed by atoms with E-state index in [1.54, 1.807) is 7.11 Å². The summed E-state index contributed by atoms with van der Waals surface area (Å²) in [5, 5.41) is 0.635. The monoisotopic (exact) mass is 265 g/mol. The molecule has 18 heavy (non-hydrogen) atoms. The number of aliphatic imine (C=N–C) groups is 1. The van der Waals surface area contributed by atoms with Crippen LogP contribution in [0.2, 0.25) is 5.02 Å². The summed E-state index contributed by atoms with van der Waals surface area (Å²) in [5.41, 5.74) is 7.11. The summed E-state index contributed by atoms with van der Waals surface area (Å²) in [4.78, 5) is 6.58. The molecule has 3 rings (SSSR count). The Balaban J connectivity index is 1.88. The zero-order valence-electron chi connectivity index (χ0n) is 10.3. The number of ether oxygens (including phenoxy) is 1. The highest BCUT2D eigenvalue weighted by Gasteiger charge is 2.38. The number of hydrogen-bond acceptors (Lipinski definition) is 4. The minimum Gasteiger partial charge on any atom is -0.495 e. The Morgan fingerprint density at radius 1 is 1.44 bits per heavy atom. The lowest BCUT2D eigenvalue weighted by Crippen LogP contribution is -2.37. The molecule has 0 spiro atoms. The fourth-order valence-electron chi connectivity index (χ4n) is 2.46. The highest BCUT2D eigenvalue weighted by Crippen LogP contribution is 2.38. The van der Waals surface area contributed by atoms with Crippen molar-refractivity contribution >= 4 is 17.6 Å². The zero-order chi connectivity index (χ0) is 12.7. The second kappa shape index (κ2) is 4.35. The lowest BCUT2D eigenvalue weighted by molar-refractivity contribution is 0.337. The molecule has 0 saturated heterocycles. The van der Waals surface area contributed by atoms with E-state index in [0.717, 1.165) is 5.56 Å². The normalized spacial score (nSPS) is 23.1. The molecule has 0 aromatic heterocycles. The molecule has 1 aliphatic carbocycles. The fraction of sp³-hybridized carbons (Fsp3) is 0.462. The molecular formula is C13H16ClN3O. The van der Waals surface area contributed by atoms with Crippen molar-refractivity contribution in [2.75, 3.05) is 13.7 Å². The molecule has 1 saturated carbocycles. The molecule has 4 nitrogen and oxygen atoms in total. The minimum atomic E-state index is 0.223. The molecule has 1 aliphatic heterocycles. The first-order valence-electron chi connectivity index (χ1n) is 6.12. The molecular weight excluding hydrogens is 250 g/mol. The van der Waals surface area contributed by atoms with Gasteiger partial charge in [-0.1, -0.05) is 17.7 Å². The van der Waals surface area contributed by atoms with E-state index in [9.17, 15) is 0 Å². The summed E-state index contributed by atoms with van der Waals surface area (Å²) < 4.78 is 5.17. The van der Waals surface area contributed by atoms with Gasteiger partial charge in [0.05, 0.1) is 24.7 Å². The second-order valence-corrected chi connectivity index (χ2v) is 5.15. The van der Waals surface area contributed by atoms with Crippen LogP contribution in [0.4, 0.5) is 0 Å². The molecule has 1 aromatic carbocycles. The SMILES string of the molecule is COc1ccc(C2CN=C(N)N2C2CC2)cc1Cl. The maximum atomic E-state index is 6.18. The van der Waals surface area contributed by atoms with Crippen molar-refractivity contribution in [2.24, 2.45) is 10.7 Å². The Morgan fingerprint density at radius 2 is 2.22 bits per heavy atom. The van der Waals surface area contributed by atoms with Crippen molar-refractivity contribution in [2.45, 2.75) is 24.9 Å². The Hall–Kier alpha value is -1.42. The average Bonchev–Trinajstić information content (AvgIpc) is 3.12. The number of methoxy groups -OCH3 is 1. The van der Waals surface area contributed by atoms with Gasteiger partial charge in [-0.3, -0.25) is 4.99 Å². The number of nitrogens with zero attached hydrogens (tertiary/aromatic N) is 2. The third kappa shape index (κ3) is 1.90. The van der Waals surface area contributed by atoms with Gasteiger partial charge in [-0.15, -0.1) is 0 Å². The van der Waals surface area contributed by atoms with Crippen LogP contribution < -0.4 is 10.5 Å². The van der Waals surface area contributed by atoms with Crippen molar-refractivity contribution in [1.29, 1.82) is 0 Å². The van der Waals surface area contributed by atoms with Crippen molar-refractivity contribution in [3.63, 3.8) is 0 Å². The van der Waals surface area contributed by atoms with Gasteiger partial charge in [0.2, 0.25) is 0 Å². The van der Waals surface area contributed by atoms with Crippen molar-refractivity contribution in [1.82, 2.24) is 4.90 Å². The summed E-state index contributed by atoms with van der Waals surface area (Å²) in [6.45, 7) is 0.713. The number of rotatable bonds is 3. The molecule has 1 unspecified atom stereocenters. The third-order valence-corrected chi connectivity index (χ3v) is 3.82. The third-order valence-electron chi connectivity index (χ3n) is 3.53. The molecule has 1 fully saturated rings. The van der Waals surface area contributed by atoms with Gasteiger partial charge in [0.1, 0.15) is 5.75 Å². The summed E-state index contributed by atoms with van der Waals surface area (Å²) in [7, 11) is 1.62. The number of halogens is 1. The van der Waals surface area contributed by atoms with Gasteiger partial charge < -0.3 is 15.4 Å². The van der Waals surface area contributed by atoms with Gasteiger partial charge in [-0.2, -0.15) is 0 Å². The van der Waals surface area contributed by atoms with Crippen molar-refractivity contribution in [3.8, 4) is 5.75 Å². The summed E-state index contributed by atoms with van der Waals surface area (Å²) in [5.74, 6) is 1.36. The quantitative estimate of drug-likeness (QED) is 0.911. The van der Waals surface area contributed by atoms with Gasteiger partial charge in [-0.05, 0) is 30.5 Å². The van der Waals surface area contributed by atoms with Crippen LogP contribution in [0, 0.1) is 0 Å². The van der Waals surface area contributed by atoms with Crippen molar-refractivity contribution in [3.05, 3.63) is 28.8 Å². The van der Waals surface area contributed by atoms with E-state index in [1.807, 2.05) is 18.2 Å². The van der Waals surface area contributed by atoms with E-state index in [1.165, 1.54) is 12.8 Å².